The molecule has 0 aromatic heterocycles. The Morgan fingerprint density at radius 3 is 2.68 bits per heavy atom. The SMILES string of the molecule is Cc1cc(C)c(N2CC(CBr)CC2=O)c(C(=O)O)c1. The number of hydrogen-bond donors (Lipinski definition) is 1. The van der Waals surface area contributed by atoms with Gasteiger partial charge in [-0.1, -0.05) is 22.0 Å². The summed E-state index contributed by atoms with van der Waals surface area (Å²) in [5.74, 6) is -0.745. The number of carboxylic acids is 1. The van der Waals surface area contributed by atoms with Gasteiger partial charge in [0.2, 0.25) is 5.91 Å². The molecular formula is C14H16BrNO3. The third-order valence-electron chi connectivity index (χ3n) is 3.37. The van der Waals surface area contributed by atoms with Crippen molar-refractivity contribution in [2.45, 2.75) is 20.3 Å². The van der Waals surface area contributed by atoms with Crippen molar-refractivity contribution in [1.82, 2.24) is 0 Å². The van der Waals surface area contributed by atoms with E-state index in [-0.39, 0.29) is 17.4 Å². The number of carbonyl (C=O) groups is 2. The summed E-state index contributed by atoms with van der Waals surface area (Å²) in [6.07, 6.45) is 0.470. The maximum Gasteiger partial charge on any atom is 0.337 e. The third-order valence-corrected chi connectivity index (χ3v) is 4.28. The summed E-state index contributed by atoms with van der Waals surface area (Å²) < 4.78 is 0. The van der Waals surface area contributed by atoms with Gasteiger partial charge in [0.15, 0.2) is 0 Å². The number of anilines is 1. The lowest BCUT2D eigenvalue weighted by Gasteiger charge is -2.21. The Morgan fingerprint density at radius 1 is 1.47 bits per heavy atom. The van der Waals surface area contributed by atoms with Gasteiger partial charge in [0.1, 0.15) is 0 Å². The van der Waals surface area contributed by atoms with Crippen LogP contribution in [0.15, 0.2) is 12.1 Å². The van der Waals surface area contributed by atoms with E-state index in [1.165, 1.54) is 0 Å². The van der Waals surface area contributed by atoms with Crippen LogP contribution in [0.2, 0.25) is 0 Å². The monoisotopic (exact) mass is 325 g/mol. The molecule has 0 aliphatic carbocycles. The molecule has 1 amide bonds. The van der Waals surface area contributed by atoms with Gasteiger partial charge in [-0.3, -0.25) is 4.79 Å². The molecular weight excluding hydrogens is 310 g/mol. The number of amides is 1. The van der Waals surface area contributed by atoms with E-state index in [2.05, 4.69) is 15.9 Å². The maximum absolute atomic E-state index is 12.1. The Hall–Kier alpha value is -1.36. The molecule has 4 nitrogen and oxygen atoms in total. The molecule has 102 valence electrons. The topological polar surface area (TPSA) is 57.6 Å². The van der Waals surface area contributed by atoms with Crippen LogP contribution >= 0.6 is 15.9 Å². The van der Waals surface area contributed by atoms with E-state index in [0.29, 0.717) is 18.7 Å². The number of aromatic carboxylic acids is 1. The second-order valence-corrected chi connectivity index (χ2v) is 5.66. The Labute approximate surface area is 120 Å². The molecule has 1 aromatic carbocycles. The first-order chi connectivity index (χ1) is 8.93. The first-order valence-electron chi connectivity index (χ1n) is 6.15. The van der Waals surface area contributed by atoms with Gasteiger partial charge in [-0.15, -0.1) is 0 Å². The van der Waals surface area contributed by atoms with Gasteiger partial charge in [-0.05, 0) is 37.0 Å². The molecule has 0 saturated carbocycles. The zero-order chi connectivity index (χ0) is 14.2. The summed E-state index contributed by atoms with van der Waals surface area (Å²) in [7, 11) is 0. The number of carbonyl (C=O) groups excluding carboxylic acids is 1. The molecule has 1 fully saturated rings. The summed E-state index contributed by atoms with van der Waals surface area (Å²) in [4.78, 5) is 25.1. The first kappa shape index (κ1) is 14.1. The molecule has 1 unspecified atom stereocenters. The molecule has 1 atom stereocenters. The minimum atomic E-state index is -0.989. The highest BCUT2D eigenvalue weighted by atomic mass is 79.9. The second-order valence-electron chi connectivity index (χ2n) is 5.01. The largest absolute Gasteiger partial charge is 0.478 e. The van der Waals surface area contributed by atoms with Crippen molar-refractivity contribution in [3.05, 3.63) is 28.8 Å². The predicted molar refractivity (Wildman–Crippen MR) is 77.1 cm³/mol. The van der Waals surface area contributed by atoms with Crippen LogP contribution in [0.5, 0.6) is 0 Å². The van der Waals surface area contributed by atoms with Gasteiger partial charge in [0.25, 0.3) is 0 Å². The van der Waals surface area contributed by atoms with E-state index in [0.717, 1.165) is 16.5 Å². The molecule has 0 radical (unpaired) electrons. The highest BCUT2D eigenvalue weighted by Gasteiger charge is 2.33. The summed E-state index contributed by atoms with van der Waals surface area (Å²) in [5, 5.41) is 10.1. The number of carboxylic acid groups (broad SMARTS) is 1. The van der Waals surface area contributed by atoms with Crippen LogP contribution in [0.3, 0.4) is 0 Å². The van der Waals surface area contributed by atoms with E-state index in [1.54, 1.807) is 11.0 Å². The van der Waals surface area contributed by atoms with E-state index >= 15 is 0 Å². The minimum Gasteiger partial charge on any atom is -0.478 e. The first-order valence-corrected chi connectivity index (χ1v) is 7.27. The van der Waals surface area contributed by atoms with Crippen molar-refractivity contribution >= 4 is 33.5 Å². The van der Waals surface area contributed by atoms with Crippen LogP contribution in [-0.2, 0) is 4.79 Å². The van der Waals surface area contributed by atoms with Crippen molar-refractivity contribution in [3.8, 4) is 0 Å². The molecule has 2 rings (SSSR count). The van der Waals surface area contributed by atoms with Crippen molar-refractivity contribution in [2.24, 2.45) is 5.92 Å². The minimum absolute atomic E-state index is 0.00102. The number of aryl methyl sites for hydroxylation is 2. The molecule has 1 heterocycles. The molecule has 1 aromatic rings. The highest BCUT2D eigenvalue weighted by molar-refractivity contribution is 9.09. The average Bonchev–Trinajstić information content (AvgIpc) is 2.69. The smallest absolute Gasteiger partial charge is 0.337 e. The normalized spacial score (nSPS) is 19.0. The average molecular weight is 326 g/mol. The van der Waals surface area contributed by atoms with E-state index in [9.17, 15) is 14.7 Å². The number of hydrogen-bond acceptors (Lipinski definition) is 2. The number of rotatable bonds is 3. The summed E-state index contributed by atoms with van der Waals surface area (Å²) in [6.45, 7) is 4.29. The molecule has 0 bridgehead atoms. The molecule has 19 heavy (non-hydrogen) atoms. The third kappa shape index (κ3) is 2.66. The molecule has 1 aliphatic heterocycles. The zero-order valence-electron chi connectivity index (χ0n) is 10.9. The lowest BCUT2D eigenvalue weighted by atomic mass is 10.0. The van der Waals surface area contributed by atoms with E-state index in [1.807, 2.05) is 19.9 Å². The molecule has 5 heteroatoms. The lowest BCUT2D eigenvalue weighted by molar-refractivity contribution is -0.117. The van der Waals surface area contributed by atoms with Crippen LogP contribution < -0.4 is 4.90 Å². The van der Waals surface area contributed by atoms with Crippen molar-refractivity contribution in [3.63, 3.8) is 0 Å². The highest BCUT2D eigenvalue weighted by Crippen LogP contribution is 2.32. The molecule has 1 N–H and O–H groups in total. The van der Waals surface area contributed by atoms with Gasteiger partial charge in [0.05, 0.1) is 11.3 Å². The molecule has 1 aliphatic rings. The van der Waals surface area contributed by atoms with Crippen LogP contribution in [0.1, 0.15) is 27.9 Å². The van der Waals surface area contributed by atoms with Gasteiger partial charge < -0.3 is 10.0 Å². The van der Waals surface area contributed by atoms with Crippen LogP contribution in [0.4, 0.5) is 5.69 Å². The van der Waals surface area contributed by atoms with Crippen molar-refractivity contribution in [1.29, 1.82) is 0 Å². The van der Waals surface area contributed by atoms with E-state index in [4.69, 9.17) is 0 Å². The van der Waals surface area contributed by atoms with Crippen LogP contribution in [-0.4, -0.2) is 28.9 Å². The Morgan fingerprint density at radius 2 is 2.16 bits per heavy atom. The van der Waals surface area contributed by atoms with Gasteiger partial charge in [-0.2, -0.15) is 0 Å². The number of halogens is 1. The second kappa shape index (κ2) is 5.33. The van der Waals surface area contributed by atoms with Crippen LogP contribution in [0.25, 0.3) is 0 Å². The van der Waals surface area contributed by atoms with E-state index < -0.39 is 5.97 Å². The number of alkyl halides is 1. The fourth-order valence-electron chi connectivity index (χ4n) is 2.58. The quantitative estimate of drug-likeness (QED) is 0.869. The molecule has 1 saturated heterocycles. The van der Waals surface area contributed by atoms with Gasteiger partial charge >= 0.3 is 5.97 Å². The summed E-state index contributed by atoms with van der Waals surface area (Å²) >= 11 is 3.39. The van der Waals surface area contributed by atoms with Gasteiger partial charge in [0, 0.05) is 18.3 Å². The Balaban J connectivity index is 2.50. The maximum atomic E-state index is 12.1. The molecule has 0 spiro atoms. The zero-order valence-corrected chi connectivity index (χ0v) is 12.5. The summed E-state index contributed by atoms with van der Waals surface area (Å²) in [5.41, 5.74) is 2.48. The lowest BCUT2D eigenvalue weighted by Crippen LogP contribution is -2.27. The standard InChI is InChI=1S/C14H16BrNO3/c1-8-3-9(2)13(11(4-8)14(18)19)16-7-10(6-15)5-12(16)17/h3-4,10H,5-7H2,1-2H3,(H,18,19). The Bertz CT molecular complexity index is 542. The fourth-order valence-corrected chi connectivity index (χ4v) is 3.02. The number of nitrogens with zero attached hydrogens (tertiary/aromatic N) is 1. The number of benzene rings is 1. The Kier molecular flexibility index (Phi) is 3.94. The fraction of sp³-hybridized carbons (Fsp3) is 0.429. The van der Waals surface area contributed by atoms with Crippen LogP contribution in [0, 0.1) is 19.8 Å². The predicted octanol–water partition coefficient (Wildman–Crippen LogP) is 2.75. The summed E-state index contributed by atoms with van der Waals surface area (Å²) in [6, 6.07) is 3.54. The van der Waals surface area contributed by atoms with Gasteiger partial charge in [-0.25, -0.2) is 4.79 Å². The van der Waals surface area contributed by atoms with Crippen molar-refractivity contribution in [2.75, 3.05) is 16.8 Å². The van der Waals surface area contributed by atoms with Crippen molar-refractivity contribution < 1.29 is 14.7 Å².